The normalized spacial score (nSPS) is 10.4. The zero-order valence-electron chi connectivity index (χ0n) is 16.1. The molecule has 1 heterocycles. The SMILES string of the molecule is CCOc1ccc(Nc2cc(C(=O)NCCc3ccccc3)nc(C)n2)cc1. The molecule has 0 aliphatic carbocycles. The second-order valence-electron chi connectivity index (χ2n) is 6.26. The maximum absolute atomic E-state index is 12.5. The van der Waals surface area contributed by atoms with E-state index >= 15 is 0 Å². The van der Waals surface area contributed by atoms with Gasteiger partial charge in [-0.1, -0.05) is 30.3 Å². The lowest BCUT2D eigenvalue weighted by Crippen LogP contribution is -2.27. The van der Waals surface area contributed by atoms with Gasteiger partial charge in [0.1, 0.15) is 23.1 Å². The van der Waals surface area contributed by atoms with E-state index in [1.807, 2.05) is 61.5 Å². The first-order chi connectivity index (χ1) is 13.6. The Balaban J connectivity index is 1.62. The summed E-state index contributed by atoms with van der Waals surface area (Å²) < 4.78 is 5.44. The standard InChI is InChI=1S/C22H24N4O2/c1-3-28-19-11-9-18(10-12-19)26-21-15-20(24-16(2)25-21)22(27)23-14-13-17-7-5-4-6-8-17/h4-12,15H,3,13-14H2,1-2H3,(H,23,27)(H,24,25,26). The second kappa shape index (κ2) is 9.50. The Kier molecular flexibility index (Phi) is 6.57. The van der Waals surface area contributed by atoms with Gasteiger partial charge in [-0.05, 0) is 50.1 Å². The third-order valence-electron chi connectivity index (χ3n) is 4.05. The summed E-state index contributed by atoms with van der Waals surface area (Å²) in [6, 6.07) is 19.3. The van der Waals surface area contributed by atoms with Crippen LogP contribution in [0.2, 0.25) is 0 Å². The summed E-state index contributed by atoms with van der Waals surface area (Å²) >= 11 is 0. The smallest absolute Gasteiger partial charge is 0.270 e. The Morgan fingerprint density at radius 1 is 1.04 bits per heavy atom. The maximum Gasteiger partial charge on any atom is 0.270 e. The second-order valence-corrected chi connectivity index (χ2v) is 6.26. The van der Waals surface area contributed by atoms with E-state index in [2.05, 4.69) is 20.6 Å². The molecule has 6 nitrogen and oxygen atoms in total. The topological polar surface area (TPSA) is 76.1 Å². The van der Waals surface area contributed by atoms with E-state index in [4.69, 9.17) is 4.74 Å². The molecule has 28 heavy (non-hydrogen) atoms. The summed E-state index contributed by atoms with van der Waals surface area (Å²) in [5.41, 5.74) is 2.38. The van der Waals surface area contributed by atoms with Crippen molar-refractivity contribution in [3.63, 3.8) is 0 Å². The van der Waals surface area contributed by atoms with Gasteiger partial charge < -0.3 is 15.4 Å². The fourth-order valence-corrected chi connectivity index (χ4v) is 2.75. The highest BCUT2D eigenvalue weighted by Gasteiger charge is 2.10. The Bertz CT molecular complexity index is 912. The molecule has 0 spiro atoms. The minimum absolute atomic E-state index is 0.212. The molecule has 0 aliphatic rings. The number of ether oxygens (including phenoxy) is 1. The average molecular weight is 376 g/mol. The number of hydrogen-bond donors (Lipinski definition) is 2. The molecule has 0 unspecified atom stereocenters. The Labute approximate surface area is 165 Å². The molecule has 144 valence electrons. The van der Waals surface area contributed by atoms with Crippen LogP contribution < -0.4 is 15.4 Å². The Morgan fingerprint density at radius 2 is 1.79 bits per heavy atom. The zero-order valence-corrected chi connectivity index (χ0v) is 16.1. The first-order valence-corrected chi connectivity index (χ1v) is 9.31. The van der Waals surface area contributed by atoms with Crippen molar-refractivity contribution in [1.82, 2.24) is 15.3 Å². The summed E-state index contributed by atoms with van der Waals surface area (Å²) in [5.74, 6) is 1.70. The molecule has 0 aliphatic heterocycles. The maximum atomic E-state index is 12.5. The van der Waals surface area contributed by atoms with E-state index in [1.54, 1.807) is 13.0 Å². The number of aryl methyl sites for hydroxylation is 1. The molecular weight excluding hydrogens is 352 g/mol. The highest BCUT2D eigenvalue weighted by Crippen LogP contribution is 2.19. The predicted octanol–water partition coefficient (Wildman–Crippen LogP) is 3.90. The van der Waals surface area contributed by atoms with Crippen LogP contribution >= 0.6 is 0 Å². The number of amides is 1. The van der Waals surface area contributed by atoms with Gasteiger partial charge >= 0.3 is 0 Å². The number of benzene rings is 2. The number of hydrogen-bond acceptors (Lipinski definition) is 5. The fourth-order valence-electron chi connectivity index (χ4n) is 2.75. The highest BCUT2D eigenvalue weighted by molar-refractivity contribution is 5.93. The van der Waals surface area contributed by atoms with E-state index < -0.39 is 0 Å². The summed E-state index contributed by atoms with van der Waals surface area (Å²) in [4.78, 5) is 21.1. The lowest BCUT2D eigenvalue weighted by atomic mass is 10.1. The summed E-state index contributed by atoms with van der Waals surface area (Å²) in [6.45, 7) is 4.89. The molecule has 3 aromatic rings. The molecule has 1 aromatic heterocycles. The van der Waals surface area contributed by atoms with Gasteiger partial charge in [-0.2, -0.15) is 0 Å². The van der Waals surface area contributed by atoms with Gasteiger partial charge in [-0.3, -0.25) is 4.79 Å². The molecule has 6 heteroatoms. The zero-order chi connectivity index (χ0) is 19.8. The molecule has 0 fully saturated rings. The number of aromatic nitrogens is 2. The van der Waals surface area contributed by atoms with Gasteiger partial charge in [0, 0.05) is 18.3 Å². The van der Waals surface area contributed by atoms with Crippen molar-refractivity contribution in [2.45, 2.75) is 20.3 Å². The molecule has 0 bridgehead atoms. The number of nitrogens with one attached hydrogen (secondary N) is 2. The number of anilines is 2. The van der Waals surface area contributed by atoms with Crippen molar-refractivity contribution in [1.29, 1.82) is 0 Å². The van der Waals surface area contributed by atoms with Crippen LogP contribution in [0, 0.1) is 6.92 Å². The Hall–Kier alpha value is -3.41. The van der Waals surface area contributed by atoms with Gasteiger partial charge in [0.15, 0.2) is 0 Å². The van der Waals surface area contributed by atoms with Crippen LogP contribution in [0.1, 0.15) is 28.8 Å². The van der Waals surface area contributed by atoms with Gasteiger partial charge in [0.2, 0.25) is 0 Å². The van der Waals surface area contributed by atoms with Crippen LogP contribution in [0.5, 0.6) is 5.75 Å². The van der Waals surface area contributed by atoms with E-state index in [9.17, 15) is 4.79 Å². The number of carbonyl (C=O) groups excluding carboxylic acids is 1. The summed E-state index contributed by atoms with van der Waals surface area (Å²) in [5, 5.41) is 6.12. The number of nitrogens with zero attached hydrogens (tertiary/aromatic N) is 2. The molecule has 2 N–H and O–H groups in total. The summed E-state index contributed by atoms with van der Waals surface area (Å²) in [6.07, 6.45) is 0.772. The van der Waals surface area contributed by atoms with E-state index in [0.29, 0.717) is 30.5 Å². The minimum Gasteiger partial charge on any atom is -0.494 e. The van der Waals surface area contributed by atoms with Crippen molar-refractivity contribution in [2.75, 3.05) is 18.5 Å². The van der Waals surface area contributed by atoms with Crippen LogP contribution in [-0.4, -0.2) is 29.0 Å². The monoisotopic (exact) mass is 376 g/mol. The van der Waals surface area contributed by atoms with Crippen LogP contribution in [-0.2, 0) is 6.42 Å². The van der Waals surface area contributed by atoms with E-state index in [1.165, 1.54) is 5.56 Å². The molecule has 0 radical (unpaired) electrons. The van der Waals surface area contributed by atoms with Crippen molar-refractivity contribution in [2.24, 2.45) is 0 Å². The van der Waals surface area contributed by atoms with Gasteiger partial charge in [0.05, 0.1) is 6.61 Å². The molecule has 0 atom stereocenters. The summed E-state index contributed by atoms with van der Waals surface area (Å²) in [7, 11) is 0. The van der Waals surface area contributed by atoms with Crippen LogP contribution in [0.25, 0.3) is 0 Å². The van der Waals surface area contributed by atoms with Crippen molar-refractivity contribution >= 4 is 17.4 Å². The molecule has 0 saturated carbocycles. The quantitative estimate of drug-likeness (QED) is 0.624. The van der Waals surface area contributed by atoms with Crippen molar-refractivity contribution in [3.8, 4) is 5.75 Å². The first kappa shape index (κ1) is 19.4. The third-order valence-corrected chi connectivity index (χ3v) is 4.05. The van der Waals surface area contributed by atoms with Gasteiger partial charge in [-0.25, -0.2) is 9.97 Å². The molecule has 3 rings (SSSR count). The fraction of sp³-hybridized carbons (Fsp3) is 0.227. The van der Waals surface area contributed by atoms with Gasteiger partial charge in [0.25, 0.3) is 5.91 Å². The lowest BCUT2D eigenvalue weighted by Gasteiger charge is -2.10. The average Bonchev–Trinajstić information content (AvgIpc) is 2.70. The third kappa shape index (κ3) is 5.54. The van der Waals surface area contributed by atoms with Crippen molar-refractivity contribution < 1.29 is 9.53 Å². The van der Waals surface area contributed by atoms with Crippen LogP contribution in [0.15, 0.2) is 60.7 Å². The largest absolute Gasteiger partial charge is 0.494 e. The molecular formula is C22H24N4O2. The van der Waals surface area contributed by atoms with Gasteiger partial charge in [-0.15, -0.1) is 0 Å². The highest BCUT2D eigenvalue weighted by atomic mass is 16.5. The number of carbonyl (C=O) groups is 1. The first-order valence-electron chi connectivity index (χ1n) is 9.31. The predicted molar refractivity (Wildman–Crippen MR) is 110 cm³/mol. The van der Waals surface area contributed by atoms with Crippen molar-refractivity contribution in [3.05, 3.63) is 77.7 Å². The van der Waals surface area contributed by atoms with E-state index in [0.717, 1.165) is 17.9 Å². The molecule has 0 saturated heterocycles. The van der Waals surface area contributed by atoms with Crippen LogP contribution in [0.3, 0.4) is 0 Å². The lowest BCUT2D eigenvalue weighted by molar-refractivity contribution is 0.0949. The molecule has 1 amide bonds. The molecule has 2 aromatic carbocycles. The Morgan fingerprint density at radius 3 is 2.50 bits per heavy atom. The van der Waals surface area contributed by atoms with Crippen LogP contribution in [0.4, 0.5) is 11.5 Å². The van der Waals surface area contributed by atoms with E-state index in [-0.39, 0.29) is 5.91 Å². The number of rotatable bonds is 8. The minimum atomic E-state index is -0.212.